The van der Waals surface area contributed by atoms with Gasteiger partial charge in [-0.15, -0.1) is 5.10 Å². The topological polar surface area (TPSA) is 151 Å². The third-order valence-corrected chi connectivity index (χ3v) is 10.5. The summed E-state index contributed by atoms with van der Waals surface area (Å²) in [5.41, 5.74) is 4.83. The highest BCUT2D eigenvalue weighted by Gasteiger charge is 2.64. The number of methoxy groups -OCH3 is 1. The van der Waals surface area contributed by atoms with Gasteiger partial charge in [0.15, 0.2) is 5.60 Å². The van der Waals surface area contributed by atoms with E-state index >= 15 is 13.2 Å². The molecule has 0 saturated carbocycles. The smallest absolute Gasteiger partial charge is 0.410 e. The fourth-order valence-electron chi connectivity index (χ4n) is 7.44. The second-order valence-corrected chi connectivity index (χ2v) is 14.4. The number of hydrogen-bond acceptors (Lipinski definition) is 10. The number of aromatic nitrogens is 3. The molecule has 2 aliphatic rings. The minimum absolute atomic E-state index is 0.0141. The molecule has 3 N–H and O–H groups in total. The minimum Gasteiger partial charge on any atom is -0.458 e. The van der Waals surface area contributed by atoms with Crippen LogP contribution in [-0.4, -0.2) is 101 Å². The van der Waals surface area contributed by atoms with Crippen molar-refractivity contribution in [3.63, 3.8) is 0 Å². The van der Waals surface area contributed by atoms with Crippen molar-refractivity contribution in [3.8, 4) is 11.3 Å². The van der Waals surface area contributed by atoms with Gasteiger partial charge in [0.1, 0.15) is 35.6 Å². The van der Waals surface area contributed by atoms with E-state index < -0.39 is 77.0 Å². The molecule has 2 aliphatic heterocycles. The lowest BCUT2D eigenvalue weighted by atomic mass is 9.62. The molecule has 16 heteroatoms. The van der Waals surface area contributed by atoms with Gasteiger partial charge in [-0.05, 0) is 76.9 Å². The number of alkyl halides is 3. The maximum Gasteiger partial charge on any atom is 0.410 e. The van der Waals surface area contributed by atoms with E-state index in [9.17, 15) is 14.4 Å². The van der Waals surface area contributed by atoms with E-state index in [1.165, 1.54) is 21.0 Å². The first-order chi connectivity index (χ1) is 23.9. The van der Waals surface area contributed by atoms with Crippen LogP contribution in [0.3, 0.4) is 0 Å². The number of aryl methyl sites for hydroxylation is 1. The van der Waals surface area contributed by atoms with Crippen LogP contribution in [-0.2, 0) is 30.3 Å². The maximum atomic E-state index is 15.2. The Labute approximate surface area is 298 Å². The third kappa shape index (κ3) is 8.70. The predicted octanol–water partition coefficient (Wildman–Crippen LogP) is 4.97. The van der Waals surface area contributed by atoms with Crippen molar-refractivity contribution >= 4 is 31.4 Å². The largest absolute Gasteiger partial charge is 0.458 e. The van der Waals surface area contributed by atoms with Crippen LogP contribution in [0.15, 0.2) is 30.5 Å². The number of amides is 1. The average Bonchev–Trinajstić information content (AvgIpc) is 3.65. The van der Waals surface area contributed by atoms with E-state index in [1.54, 1.807) is 56.8 Å². The van der Waals surface area contributed by atoms with Crippen molar-refractivity contribution in [3.05, 3.63) is 30.5 Å². The zero-order chi connectivity index (χ0) is 37.9. The Morgan fingerprint density at radius 3 is 2.45 bits per heavy atom. The number of nitrogens with zero attached hydrogens (tertiary/aromatic N) is 4. The molecular formula is C35H50BF3N6O6. The highest BCUT2D eigenvalue weighted by Crippen LogP contribution is 2.43. The number of nitrogens with two attached hydrogens (primary N) is 1. The zero-order valence-electron chi connectivity index (χ0n) is 30.4. The first kappa shape index (κ1) is 40.1. The van der Waals surface area contributed by atoms with Gasteiger partial charge in [0.25, 0.3) is 0 Å². The van der Waals surface area contributed by atoms with Gasteiger partial charge in [0.2, 0.25) is 0 Å². The standard InChI is InChI=1S/C35H50BF3N6O6/c1-8-26-34(6)30(45(32(48)51-34)15-10-9-14-44-19-25(42-43-44)23-12-11-13-24(40)16-23)29(35(37,38)39)41-18-20(2)17-33(5,49-7)28(36)21(3)27(46)22(4)31(47)50-26/h11-13,16,19-22,26,28-30,41H,8-10,14-15,17-18,40H2,1-7H3/t20-,21+,22-,26-,28-,29+,30-,33-,34-/m1/s1. The van der Waals surface area contributed by atoms with Crippen LogP contribution < -0.4 is 11.1 Å². The van der Waals surface area contributed by atoms with E-state index in [0.717, 1.165) is 10.5 Å². The van der Waals surface area contributed by atoms with Gasteiger partial charge in [0.05, 0.1) is 19.6 Å². The second-order valence-electron chi connectivity index (χ2n) is 14.4. The molecule has 1 aromatic carbocycles. The van der Waals surface area contributed by atoms with Crippen LogP contribution in [0.25, 0.3) is 11.3 Å². The van der Waals surface area contributed by atoms with Crippen LogP contribution >= 0.6 is 0 Å². The summed E-state index contributed by atoms with van der Waals surface area (Å²) in [6, 6.07) is 3.31. The van der Waals surface area contributed by atoms with Gasteiger partial charge in [-0.2, -0.15) is 13.2 Å². The monoisotopic (exact) mass is 718 g/mol. The number of anilines is 1. The molecule has 280 valence electrons. The van der Waals surface area contributed by atoms with E-state index in [2.05, 4.69) is 15.6 Å². The Hall–Kier alpha value is -3.66. The lowest BCUT2D eigenvalue weighted by Crippen LogP contribution is -2.65. The van der Waals surface area contributed by atoms with Crippen molar-refractivity contribution in [1.29, 1.82) is 0 Å². The van der Waals surface area contributed by atoms with E-state index in [4.69, 9.17) is 27.8 Å². The summed E-state index contributed by atoms with van der Waals surface area (Å²) in [4.78, 5) is 41.6. The molecule has 0 aliphatic carbocycles. The van der Waals surface area contributed by atoms with Crippen molar-refractivity contribution < 1.29 is 41.8 Å². The van der Waals surface area contributed by atoms with Gasteiger partial charge in [-0.25, -0.2) is 4.79 Å². The SMILES string of the molecule is [B][C@@H]1[C@@H](C)C(=O)[C@@H](C)C(=O)O[C@H](CC)[C@@]2(C)OC(=O)N(CCCCn3cc(-c4cccc(N)c4)nn3)[C@@H]2[C@@H](C(F)(F)F)NC[C@H](C)C[C@@]1(C)OC. The molecular weight excluding hydrogens is 668 g/mol. The third-order valence-electron chi connectivity index (χ3n) is 10.5. The summed E-state index contributed by atoms with van der Waals surface area (Å²) in [5.74, 6) is -4.83. The number of esters is 1. The number of halogens is 3. The van der Waals surface area contributed by atoms with Crippen molar-refractivity contribution in [1.82, 2.24) is 25.2 Å². The molecule has 0 unspecified atom stereocenters. The number of ether oxygens (including phenoxy) is 3. The Kier molecular flexibility index (Phi) is 12.5. The number of cyclic esters (lactones) is 1. The molecule has 2 radical (unpaired) electrons. The van der Waals surface area contributed by atoms with Crippen LogP contribution in [0.1, 0.15) is 67.2 Å². The fraction of sp³-hybridized carbons (Fsp3) is 0.686. The number of hydrogen-bond donors (Lipinski definition) is 2. The van der Waals surface area contributed by atoms with Crippen molar-refractivity contribution in [2.45, 2.75) is 115 Å². The summed E-state index contributed by atoms with van der Waals surface area (Å²) in [6.45, 7) is 9.61. The number of rotatable bonds is 8. The molecule has 1 amide bonds. The molecule has 4 rings (SSSR count). The first-order valence-corrected chi connectivity index (χ1v) is 17.5. The average molecular weight is 719 g/mol. The van der Waals surface area contributed by atoms with Gasteiger partial charge < -0.3 is 25.3 Å². The minimum atomic E-state index is -4.84. The van der Waals surface area contributed by atoms with Crippen LogP contribution in [0.5, 0.6) is 0 Å². The van der Waals surface area contributed by atoms with Crippen molar-refractivity contribution in [2.24, 2.45) is 17.8 Å². The van der Waals surface area contributed by atoms with E-state index in [0.29, 0.717) is 30.8 Å². The number of ketones is 1. The van der Waals surface area contributed by atoms with Crippen LogP contribution in [0.4, 0.5) is 23.7 Å². The van der Waals surface area contributed by atoms with Crippen LogP contribution in [0, 0.1) is 17.8 Å². The summed E-state index contributed by atoms with van der Waals surface area (Å²) in [7, 11) is 7.97. The zero-order valence-corrected chi connectivity index (χ0v) is 30.4. The number of unbranched alkanes of at least 4 members (excludes halogenated alkanes) is 1. The summed E-state index contributed by atoms with van der Waals surface area (Å²) >= 11 is 0. The first-order valence-electron chi connectivity index (χ1n) is 17.5. The molecule has 0 spiro atoms. The fourth-order valence-corrected chi connectivity index (χ4v) is 7.44. The van der Waals surface area contributed by atoms with Gasteiger partial charge >= 0.3 is 18.2 Å². The summed E-state index contributed by atoms with van der Waals surface area (Å²) in [5, 5.41) is 11.0. The molecule has 2 saturated heterocycles. The number of carbonyl (C=O) groups is 3. The van der Waals surface area contributed by atoms with Gasteiger partial charge in [0, 0.05) is 37.4 Å². The number of fused-ring (bicyclic) bond motifs is 1. The Morgan fingerprint density at radius 2 is 1.82 bits per heavy atom. The van der Waals surface area contributed by atoms with Gasteiger partial charge in [-0.3, -0.25) is 19.2 Å². The molecule has 2 fully saturated rings. The number of carbonyl (C=O) groups excluding carboxylic acids is 3. The van der Waals surface area contributed by atoms with Gasteiger partial charge in [-0.1, -0.05) is 38.1 Å². The number of benzene rings is 1. The molecule has 12 nitrogen and oxygen atoms in total. The highest BCUT2D eigenvalue weighted by atomic mass is 19.4. The lowest BCUT2D eigenvalue weighted by molar-refractivity contribution is -0.192. The number of Topliss-reactive ketones (excluding diaryl/α,β-unsaturated/α-hetero) is 1. The summed E-state index contributed by atoms with van der Waals surface area (Å²) in [6.07, 6.45) is -4.38. The van der Waals surface area contributed by atoms with Crippen molar-refractivity contribution in [2.75, 3.05) is 25.9 Å². The molecule has 1 aromatic heterocycles. The molecule has 2 aromatic rings. The summed E-state index contributed by atoms with van der Waals surface area (Å²) < 4.78 is 64.4. The highest BCUT2D eigenvalue weighted by molar-refractivity contribution is 6.15. The molecule has 51 heavy (non-hydrogen) atoms. The maximum absolute atomic E-state index is 15.2. The Balaban J connectivity index is 1.63. The molecule has 9 atom stereocenters. The Bertz CT molecular complexity index is 1550. The molecule has 3 heterocycles. The van der Waals surface area contributed by atoms with Crippen LogP contribution in [0.2, 0.25) is 5.82 Å². The normalized spacial score (nSPS) is 32.9. The quantitative estimate of drug-likeness (QED) is 0.126. The lowest BCUT2D eigenvalue weighted by Gasteiger charge is -2.42. The number of nitrogen functional groups attached to an aromatic ring is 1. The molecule has 0 bridgehead atoms. The van der Waals surface area contributed by atoms with E-state index in [-0.39, 0.29) is 25.9 Å². The predicted molar refractivity (Wildman–Crippen MR) is 185 cm³/mol. The second kappa shape index (κ2) is 15.9. The Morgan fingerprint density at radius 1 is 1.14 bits per heavy atom. The van der Waals surface area contributed by atoms with E-state index in [1.807, 2.05) is 6.07 Å². The number of nitrogens with one attached hydrogen (secondary N) is 1.